The largest absolute Gasteiger partial charge is 0.428 e. The quantitative estimate of drug-likeness (QED) is 0.284. The molecule has 2 saturated heterocycles. The first-order chi connectivity index (χ1) is 22.1. The van der Waals surface area contributed by atoms with E-state index in [9.17, 15) is 22.8 Å². The van der Waals surface area contributed by atoms with Crippen LogP contribution in [0.1, 0.15) is 55.2 Å². The number of benzene rings is 2. The Morgan fingerprint density at radius 2 is 1.76 bits per heavy atom. The zero-order chi connectivity index (χ0) is 32.7. The minimum absolute atomic E-state index is 0.0512. The number of amides is 2. The number of nitrogens with one attached hydrogen (secondary N) is 2. The minimum atomic E-state index is -0.619. The highest BCUT2D eigenvalue weighted by molar-refractivity contribution is 5.92. The van der Waals surface area contributed by atoms with E-state index in [1.54, 1.807) is 31.3 Å². The number of nitrogens with zero attached hydrogens (tertiary/aromatic N) is 2. The van der Waals surface area contributed by atoms with Crippen LogP contribution >= 0.6 is 0 Å². The first-order valence-electron chi connectivity index (χ1n) is 15.4. The van der Waals surface area contributed by atoms with Crippen molar-refractivity contribution in [3.63, 3.8) is 0 Å². The van der Waals surface area contributed by atoms with E-state index in [0.29, 0.717) is 37.2 Å². The number of aromatic nitrogens is 1. The summed E-state index contributed by atoms with van der Waals surface area (Å²) >= 11 is 0. The highest BCUT2D eigenvalue weighted by atomic mass is 19.1. The maximum Gasteiger partial charge on any atom is 0.411 e. The molecule has 2 amide bonds. The van der Waals surface area contributed by atoms with Crippen molar-refractivity contribution in [2.45, 2.75) is 62.9 Å². The Morgan fingerprint density at radius 1 is 1.09 bits per heavy atom. The molecule has 1 unspecified atom stereocenters. The molecule has 3 heterocycles. The Balaban J connectivity index is 1.15. The molecule has 0 saturated carbocycles. The van der Waals surface area contributed by atoms with Gasteiger partial charge in [-0.25, -0.2) is 18.0 Å². The lowest BCUT2D eigenvalue weighted by Gasteiger charge is -2.33. The summed E-state index contributed by atoms with van der Waals surface area (Å²) in [7, 11) is 1.67. The number of carbonyl (C=O) groups excluding carboxylic acids is 2. The van der Waals surface area contributed by atoms with Gasteiger partial charge in [0.25, 0.3) is 0 Å². The maximum absolute atomic E-state index is 15.0. The van der Waals surface area contributed by atoms with Crippen molar-refractivity contribution in [1.82, 2.24) is 15.2 Å². The first-order valence-corrected chi connectivity index (χ1v) is 15.4. The van der Waals surface area contributed by atoms with Gasteiger partial charge in [0.2, 0.25) is 5.91 Å². The Kier molecular flexibility index (Phi) is 10.9. The average molecular weight is 641 g/mol. The molecule has 46 heavy (non-hydrogen) atoms. The molecular weight excluding hydrogens is 601 g/mol. The molecule has 9 nitrogen and oxygen atoms in total. The van der Waals surface area contributed by atoms with Gasteiger partial charge < -0.3 is 24.4 Å². The second-order valence-electron chi connectivity index (χ2n) is 12.1. The summed E-state index contributed by atoms with van der Waals surface area (Å²) in [6.45, 7) is 3.61. The molecule has 1 aromatic heterocycles. The Bertz CT molecular complexity index is 1430. The lowest BCUT2D eigenvalue weighted by atomic mass is 9.88. The standard InChI is InChI=1S/C34H39F3N4O5/c1-34(14-3-15-45-34)21-41(2)33(43)46-32-20-44-26(17-39-32)12-13-27-29(37)18-38-19-30(27)40-31(42)16-28(22-4-8-24(35)9-5-22)23-6-10-25(36)11-7-23/h4-11,18-19,26,28,32,39H,3,12-17,20-21H2,1-2H3,(H,40,42)/t26-,32+,34?/m1/s1. The van der Waals surface area contributed by atoms with Crippen LogP contribution in [0.5, 0.6) is 0 Å². The molecule has 0 bridgehead atoms. The fraction of sp³-hybridized carbons (Fsp3) is 0.441. The fourth-order valence-electron chi connectivity index (χ4n) is 5.94. The van der Waals surface area contributed by atoms with Crippen molar-refractivity contribution >= 4 is 17.7 Å². The Hall–Kier alpha value is -4.00. The number of carbonyl (C=O) groups is 2. The average Bonchev–Trinajstić information content (AvgIpc) is 3.47. The van der Waals surface area contributed by atoms with Gasteiger partial charge in [-0.05, 0) is 68.0 Å². The van der Waals surface area contributed by atoms with Crippen LogP contribution in [-0.4, -0.2) is 73.2 Å². The second kappa shape index (κ2) is 15.1. The van der Waals surface area contributed by atoms with Crippen LogP contribution in [0.25, 0.3) is 0 Å². The molecular formula is C34H39F3N4O5. The molecule has 0 aliphatic carbocycles. The van der Waals surface area contributed by atoms with Crippen molar-refractivity contribution in [2.75, 3.05) is 38.7 Å². The summed E-state index contributed by atoms with van der Waals surface area (Å²) < 4.78 is 59.4. The van der Waals surface area contributed by atoms with Gasteiger partial charge in [-0.2, -0.15) is 0 Å². The number of morpholine rings is 1. The number of ether oxygens (including phenoxy) is 3. The highest BCUT2D eigenvalue weighted by Gasteiger charge is 2.34. The number of likely N-dealkylation sites (N-methyl/N-ethyl adjacent to an activating group) is 1. The predicted octanol–water partition coefficient (Wildman–Crippen LogP) is 5.54. The topological polar surface area (TPSA) is 102 Å². The lowest BCUT2D eigenvalue weighted by molar-refractivity contribution is -0.116. The van der Waals surface area contributed by atoms with E-state index in [2.05, 4.69) is 15.6 Å². The van der Waals surface area contributed by atoms with Crippen molar-refractivity contribution in [2.24, 2.45) is 0 Å². The normalized spacial score (nSPS) is 21.3. The molecule has 2 fully saturated rings. The van der Waals surface area contributed by atoms with Crippen molar-refractivity contribution in [1.29, 1.82) is 0 Å². The lowest BCUT2D eigenvalue weighted by Crippen LogP contribution is -2.51. The maximum atomic E-state index is 15.0. The number of rotatable bonds is 11. The molecule has 2 aliphatic heterocycles. The van der Waals surface area contributed by atoms with E-state index in [0.717, 1.165) is 19.0 Å². The summed E-state index contributed by atoms with van der Waals surface area (Å²) in [6, 6.07) is 11.5. The third-order valence-electron chi connectivity index (χ3n) is 8.41. The van der Waals surface area contributed by atoms with E-state index in [1.807, 2.05) is 6.92 Å². The van der Waals surface area contributed by atoms with Gasteiger partial charge in [0.15, 0.2) is 6.23 Å². The fourth-order valence-corrected chi connectivity index (χ4v) is 5.94. The molecule has 2 N–H and O–H groups in total. The van der Waals surface area contributed by atoms with Gasteiger partial charge in [-0.3, -0.25) is 15.1 Å². The third-order valence-corrected chi connectivity index (χ3v) is 8.41. The van der Waals surface area contributed by atoms with E-state index in [-0.39, 0.29) is 42.4 Å². The zero-order valence-electron chi connectivity index (χ0n) is 25.9. The number of halogens is 3. The van der Waals surface area contributed by atoms with Crippen LogP contribution in [0, 0.1) is 17.5 Å². The minimum Gasteiger partial charge on any atom is -0.428 e. The second-order valence-corrected chi connectivity index (χ2v) is 12.1. The smallest absolute Gasteiger partial charge is 0.411 e. The molecule has 12 heteroatoms. The van der Waals surface area contributed by atoms with Crippen molar-refractivity contribution in [3.8, 4) is 0 Å². The van der Waals surface area contributed by atoms with E-state index in [4.69, 9.17) is 14.2 Å². The van der Waals surface area contributed by atoms with Gasteiger partial charge in [0.1, 0.15) is 17.5 Å². The van der Waals surface area contributed by atoms with Gasteiger partial charge in [0, 0.05) is 38.1 Å². The summed E-state index contributed by atoms with van der Waals surface area (Å²) in [5.74, 6) is -2.30. The summed E-state index contributed by atoms with van der Waals surface area (Å²) in [6.07, 6.45) is 3.59. The molecule has 5 rings (SSSR count). The monoisotopic (exact) mass is 640 g/mol. The summed E-state index contributed by atoms with van der Waals surface area (Å²) in [5, 5.41) is 5.95. The summed E-state index contributed by atoms with van der Waals surface area (Å²) in [5.41, 5.74) is 1.50. The van der Waals surface area contributed by atoms with E-state index >= 15 is 0 Å². The van der Waals surface area contributed by atoms with Gasteiger partial charge in [-0.1, -0.05) is 24.3 Å². The molecule has 3 atom stereocenters. The van der Waals surface area contributed by atoms with Crippen LogP contribution in [0.4, 0.5) is 23.7 Å². The van der Waals surface area contributed by atoms with Crippen LogP contribution in [0.2, 0.25) is 0 Å². The first kappa shape index (κ1) is 33.4. The number of hydrogen-bond acceptors (Lipinski definition) is 7. The van der Waals surface area contributed by atoms with Crippen LogP contribution in [-0.2, 0) is 25.4 Å². The van der Waals surface area contributed by atoms with Crippen LogP contribution in [0.15, 0.2) is 60.9 Å². The zero-order valence-corrected chi connectivity index (χ0v) is 25.9. The van der Waals surface area contributed by atoms with E-state index < -0.39 is 41.6 Å². The molecule has 3 aromatic rings. The molecule has 2 aromatic carbocycles. The summed E-state index contributed by atoms with van der Waals surface area (Å²) in [4.78, 5) is 31.3. The van der Waals surface area contributed by atoms with E-state index in [1.165, 1.54) is 35.4 Å². The van der Waals surface area contributed by atoms with Crippen LogP contribution < -0.4 is 10.6 Å². The molecule has 2 aliphatic rings. The number of hydrogen-bond donors (Lipinski definition) is 2. The Morgan fingerprint density at radius 3 is 2.35 bits per heavy atom. The number of anilines is 1. The van der Waals surface area contributed by atoms with Gasteiger partial charge >= 0.3 is 6.09 Å². The Labute approximate surface area is 266 Å². The van der Waals surface area contributed by atoms with Crippen LogP contribution in [0.3, 0.4) is 0 Å². The SMILES string of the molecule is CN(CC1(C)CCCO1)C(=O)O[C@H]1CO[C@H](CCc2c(F)cncc2NC(=O)CC(c2ccc(F)cc2)c2ccc(F)cc2)CN1. The molecule has 0 radical (unpaired) electrons. The predicted molar refractivity (Wildman–Crippen MR) is 165 cm³/mol. The molecule has 246 valence electrons. The van der Waals surface area contributed by atoms with Gasteiger partial charge in [-0.15, -0.1) is 0 Å². The van der Waals surface area contributed by atoms with Crippen molar-refractivity contribution in [3.05, 3.63) is 95.1 Å². The highest BCUT2D eigenvalue weighted by Crippen LogP contribution is 2.30. The molecule has 0 spiro atoms. The number of pyridine rings is 1. The van der Waals surface area contributed by atoms with Gasteiger partial charge in [0.05, 0.1) is 42.9 Å². The third kappa shape index (κ3) is 8.83. The van der Waals surface area contributed by atoms with Crippen molar-refractivity contribution < 1.29 is 37.0 Å².